The Morgan fingerprint density at radius 3 is 2.04 bits per heavy atom. The normalized spacial score (nSPS) is 33.1. The molecule has 2 amide bonds. The Hall–Kier alpha value is -1.58. The zero-order valence-corrected chi connectivity index (χ0v) is 15.1. The van der Waals surface area contributed by atoms with Crippen LogP contribution in [0.5, 0.6) is 0 Å². The predicted octanol–water partition coefficient (Wildman–Crippen LogP) is 4.79. The minimum absolute atomic E-state index is 0.0960. The molecule has 25 heavy (non-hydrogen) atoms. The molecule has 1 heterocycles. The molecule has 0 N–H and O–H groups in total. The summed E-state index contributed by atoms with van der Waals surface area (Å²) in [5.74, 6) is -0.484. The second-order valence-electron chi connectivity index (χ2n) is 7.36. The van der Waals surface area contributed by atoms with Crippen molar-refractivity contribution in [2.45, 2.75) is 25.7 Å². The van der Waals surface area contributed by atoms with Crippen LogP contribution in [0.1, 0.15) is 25.7 Å². The van der Waals surface area contributed by atoms with Crippen LogP contribution >= 0.6 is 23.2 Å². The van der Waals surface area contributed by atoms with Crippen molar-refractivity contribution in [3.8, 4) is 0 Å². The number of imide groups is 1. The molecule has 0 spiro atoms. The highest BCUT2D eigenvalue weighted by Gasteiger charge is 2.62. The number of halogens is 2. The van der Waals surface area contributed by atoms with E-state index >= 15 is 0 Å². The monoisotopic (exact) mass is 373 g/mol. The maximum atomic E-state index is 13.1. The first-order chi connectivity index (χ1) is 12.1. The standard InChI is InChI=1S/C20H17Cl2NO2/c21-14-8-5-11(9-15(14)22)23-19(24)17-12-6-7-13(18(17)20(23)25)16(12)10-3-1-2-4-10/h5-9,12-13,17-18H,1-4H2/t12-,13-,17-,18-/m0/s1. The Morgan fingerprint density at radius 1 is 0.880 bits per heavy atom. The van der Waals surface area contributed by atoms with Crippen molar-refractivity contribution < 1.29 is 9.59 Å². The third-order valence-corrected chi connectivity index (χ3v) is 6.93. The van der Waals surface area contributed by atoms with Gasteiger partial charge in [-0.2, -0.15) is 0 Å². The topological polar surface area (TPSA) is 37.4 Å². The van der Waals surface area contributed by atoms with Crippen LogP contribution in [0.25, 0.3) is 0 Å². The van der Waals surface area contributed by atoms with Crippen LogP contribution in [0.3, 0.4) is 0 Å². The van der Waals surface area contributed by atoms with Crippen molar-refractivity contribution in [1.29, 1.82) is 0 Å². The first-order valence-corrected chi connectivity index (χ1v) is 9.56. The summed E-state index contributed by atoms with van der Waals surface area (Å²) < 4.78 is 0. The first kappa shape index (κ1) is 15.7. The third-order valence-electron chi connectivity index (χ3n) is 6.19. The van der Waals surface area contributed by atoms with E-state index < -0.39 is 0 Å². The van der Waals surface area contributed by atoms with E-state index in [9.17, 15) is 9.59 Å². The summed E-state index contributed by atoms with van der Waals surface area (Å²) in [6.07, 6.45) is 9.01. The molecular formula is C20H17Cl2NO2. The van der Waals surface area contributed by atoms with E-state index in [1.165, 1.54) is 28.9 Å². The molecule has 5 heteroatoms. The van der Waals surface area contributed by atoms with Crippen LogP contribution in [0.4, 0.5) is 5.69 Å². The van der Waals surface area contributed by atoms with Gasteiger partial charge >= 0.3 is 0 Å². The SMILES string of the molecule is O=C1[C@@H]2[C@@H](C(=O)N1c1ccc(Cl)c(Cl)c1)[C@H]1C=C[C@H]2C1=C1CCCC1. The maximum Gasteiger partial charge on any atom is 0.238 e. The first-order valence-electron chi connectivity index (χ1n) is 8.81. The van der Waals surface area contributed by atoms with Gasteiger partial charge in [0.05, 0.1) is 27.6 Å². The van der Waals surface area contributed by atoms with E-state index in [1.54, 1.807) is 18.2 Å². The molecule has 128 valence electrons. The van der Waals surface area contributed by atoms with Crippen molar-refractivity contribution in [3.05, 3.63) is 51.5 Å². The van der Waals surface area contributed by atoms with Gasteiger partial charge in [0, 0.05) is 11.8 Å². The lowest BCUT2D eigenvalue weighted by Gasteiger charge is -2.20. The average Bonchev–Trinajstić information content (AvgIpc) is 3.33. The van der Waals surface area contributed by atoms with Gasteiger partial charge in [-0.25, -0.2) is 4.90 Å². The van der Waals surface area contributed by atoms with E-state index in [0.29, 0.717) is 15.7 Å². The number of rotatable bonds is 1. The summed E-state index contributed by atoms with van der Waals surface area (Å²) >= 11 is 12.1. The van der Waals surface area contributed by atoms with Gasteiger partial charge in [0.25, 0.3) is 0 Å². The molecule has 2 saturated carbocycles. The van der Waals surface area contributed by atoms with Gasteiger partial charge in [-0.15, -0.1) is 0 Å². The lowest BCUT2D eigenvalue weighted by Crippen LogP contribution is -2.33. The number of benzene rings is 1. The Morgan fingerprint density at radius 2 is 1.48 bits per heavy atom. The van der Waals surface area contributed by atoms with Crippen LogP contribution in [-0.2, 0) is 9.59 Å². The number of hydrogen-bond donors (Lipinski definition) is 0. The number of nitrogens with zero attached hydrogens (tertiary/aromatic N) is 1. The molecule has 1 aromatic rings. The van der Waals surface area contributed by atoms with Crippen molar-refractivity contribution in [3.63, 3.8) is 0 Å². The molecule has 0 radical (unpaired) electrons. The number of anilines is 1. The van der Waals surface area contributed by atoms with Gasteiger partial charge < -0.3 is 0 Å². The fourth-order valence-electron chi connectivity index (χ4n) is 5.20. The van der Waals surface area contributed by atoms with Gasteiger partial charge in [-0.3, -0.25) is 9.59 Å². The van der Waals surface area contributed by atoms with Crippen molar-refractivity contribution in [2.75, 3.05) is 4.90 Å². The summed E-state index contributed by atoms with van der Waals surface area (Å²) in [5.41, 5.74) is 3.40. The van der Waals surface area contributed by atoms with Crippen LogP contribution in [-0.4, -0.2) is 11.8 Å². The van der Waals surface area contributed by atoms with E-state index in [1.807, 2.05) is 0 Å². The Labute approximate surface area is 156 Å². The van der Waals surface area contributed by atoms with Crippen LogP contribution in [0.15, 0.2) is 41.5 Å². The van der Waals surface area contributed by atoms with Gasteiger partial charge in [0.15, 0.2) is 0 Å². The minimum Gasteiger partial charge on any atom is -0.274 e. The highest BCUT2D eigenvalue weighted by molar-refractivity contribution is 6.42. The molecule has 3 nitrogen and oxygen atoms in total. The molecule has 1 aromatic carbocycles. The van der Waals surface area contributed by atoms with Crippen LogP contribution in [0, 0.1) is 23.7 Å². The van der Waals surface area contributed by atoms with Crippen molar-refractivity contribution in [1.82, 2.24) is 0 Å². The average molecular weight is 374 g/mol. The zero-order chi connectivity index (χ0) is 17.3. The highest BCUT2D eigenvalue weighted by Crippen LogP contribution is 2.58. The molecule has 4 atom stereocenters. The van der Waals surface area contributed by atoms with Gasteiger partial charge in [-0.1, -0.05) is 46.5 Å². The predicted molar refractivity (Wildman–Crippen MR) is 97.5 cm³/mol. The number of allylic oxidation sites excluding steroid dienone is 4. The summed E-state index contributed by atoms with van der Waals surface area (Å²) in [5, 5.41) is 0.770. The number of hydrogen-bond acceptors (Lipinski definition) is 2. The fourth-order valence-corrected chi connectivity index (χ4v) is 5.50. The second kappa shape index (κ2) is 5.46. The summed E-state index contributed by atoms with van der Waals surface area (Å²) in [6.45, 7) is 0. The molecule has 3 fully saturated rings. The largest absolute Gasteiger partial charge is 0.274 e. The molecular weight excluding hydrogens is 357 g/mol. The van der Waals surface area contributed by atoms with Gasteiger partial charge in [-0.05, 0) is 43.9 Å². The summed E-state index contributed by atoms with van der Waals surface area (Å²) in [6, 6.07) is 4.93. The number of carbonyl (C=O) groups is 2. The lowest BCUT2D eigenvalue weighted by molar-refractivity contribution is -0.122. The smallest absolute Gasteiger partial charge is 0.238 e. The Kier molecular flexibility index (Phi) is 3.42. The van der Waals surface area contributed by atoms with Gasteiger partial charge in [0.1, 0.15) is 0 Å². The van der Waals surface area contributed by atoms with E-state index in [2.05, 4.69) is 12.2 Å². The summed E-state index contributed by atoms with van der Waals surface area (Å²) in [4.78, 5) is 27.6. The number of carbonyl (C=O) groups excluding carboxylic acids is 2. The highest BCUT2D eigenvalue weighted by atomic mass is 35.5. The molecule has 2 bridgehead atoms. The van der Waals surface area contributed by atoms with E-state index in [-0.39, 0.29) is 35.5 Å². The molecule has 0 unspecified atom stereocenters. The van der Waals surface area contributed by atoms with Crippen molar-refractivity contribution in [2.24, 2.45) is 23.7 Å². The van der Waals surface area contributed by atoms with E-state index in [4.69, 9.17) is 23.2 Å². The fraction of sp³-hybridized carbons (Fsp3) is 0.400. The minimum atomic E-state index is -0.250. The maximum absolute atomic E-state index is 13.1. The third kappa shape index (κ3) is 2.06. The lowest BCUT2D eigenvalue weighted by atomic mass is 9.85. The second-order valence-corrected chi connectivity index (χ2v) is 8.18. The Bertz CT molecular complexity index is 830. The molecule has 0 aromatic heterocycles. The van der Waals surface area contributed by atoms with Crippen LogP contribution < -0.4 is 4.90 Å². The molecule has 4 aliphatic rings. The quantitative estimate of drug-likeness (QED) is 0.524. The number of fused-ring (bicyclic) bond motifs is 5. The summed E-state index contributed by atoms with van der Waals surface area (Å²) in [7, 11) is 0. The molecule has 1 saturated heterocycles. The van der Waals surface area contributed by atoms with Crippen molar-refractivity contribution >= 4 is 40.7 Å². The van der Waals surface area contributed by atoms with E-state index in [0.717, 1.165) is 12.8 Å². The van der Waals surface area contributed by atoms with Gasteiger partial charge in [0.2, 0.25) is 11.8 Å². The molecule has 3 aliphatic carbocycles. The number of amides is 2. The molecule has 5 rings (SSSR count). The van der Waals surface area contributed by atoms with Crippen LogP contribution in [0.2, 0.25) is 10.0 Å². The Balaban J connectivity index is 1.55. The zero-order valence-electron chi connectivity index (χ0n) is 13.5. The molecule has 1 aliphatic heterocycles.